The first-order valence-electron chi connectivity index (χ1n) is 5.78. The molecule has 1 aromatic heterocycles. The van der Waals surface area contributed by atoms with Gasteiger partial charge in [0.15, 0.2) is 0 Å². The van der Waals surface area contributed by atoms with Crippen LogP contribution in [0.15, 0.2) is 11.4 Å². The topological polar surface area (TPSA) is 47.3 Å². The van der Waals surface area contributed by atoms with Crippen LogP contribution in [-0.4, -0.2) is 19.3 Å². The number of nitrogens with two attached hydrogens (primary N) is 1. The van der Waals surface area contributed by atoms with Gasteiger partial charge in [0, 0.05) is 29.8 Å². The summed E-state index contributed by atoms with van der Waals surface area (Å²) in [6.07, 6.45) is 0. The van der Waals surface area contributed by atoms with E-state index in [1.165, 1.54) is 4.88 Å². The zero-order chi connectivity index (χ0) is 12.0. The molecule has 4 heteroatoms. The molecule has 0 aliphatic rings. The fraction of sp³-hybridized carbons (Fsp3) is 0.667. The highest BCUT2D eigenvalue weighted by Crippen LogP contribution is 2.18. The van der Waals surface area contributed by atoms with Crippen molar-refractivity contribution in [3.63, 3.8) is 0 Å². The van der Waals surface area contributed by atoms with Crippen LogP contribution in [0.3, 0.4) is 0 Å². The minimum absolute atomic E-state index is 0.390. The molecule has 0 saturated heterocycles. The predicted molar refractivity (Wildman–Crippen MR) is 70.7 cm³/mol. The fourth-order valence-electron chi connectivity index (χ4n) is 1.45. The zero-order valence-electron chi connectivity index (χ0n) is 10.3. The number of hydrogen-bond acceptors (Lipinski definition) is 4. The quantitative estimate of drug-likeness (QED) is 0.772. The Morgan fingerprint density at radius 3 is 2.75 bits per heavy atom. The minimum atomic E-state index is 0.390. The van der Waals surface area contributed by atoms with Gasteiger partial charge in [-0.15, -0.1) is 11.3 Å². The summed E-state index contributed by atoms with van der Waals surface area (Å²) in [6.45, 7) is 8.79. The molecule has 0 saturated carbocycles. The van der Waals surface area contributed by atoms with Gasteiger partial charge in [0.2, 0.25) is 0 Å². The van der Waals surface area contributed by atoms with Crippen LogP contribution in [-0.2, 0) is 11.3 Å². The Morgan fingerprint density at radius 1 is 1.50 bits per heavy atom. The molecule has 1 atom stereocenters. The second-order valence-corrected chi connectivity index (χ2v) is 5.19. The van der Waals surface area contributed by atoms with E-state index < -0.39 is 0 Å². The van der Waals surface area contributed by atoms with Crippen molar-refractivity contribution in [2.75, 3.05) is 18.9 Å². The third-order valence-electron chi connectivity index (χ3n) is 2.61. The van der Waals surface area contributed by atoms with E-state index >= 15 is 0 Å². The molecular weight excluding hydrogens is 220 g/mol. The van der Waals surface area contributed by atoms with Gasteiger partial charge >= 0.3 is 0 Å². The molecule has 16 heavy (non-hydrogen) atoms. The summed E-state index contributed by atoms with van der Waals surface area (Å²) < 4.78 is 5.47. The van der Waals surface area contributed by atoms with Crippen LogP contribution < -0.4 is 11.1 Å². The monoisotopic (exact) mass is 242 g/mol. The largest absolute Gasteiger partial charge is 0.398 e. The van der Waals surface area contributed by atoms with Crippen molar-refractivity contribution in [2.24, 2.45) is 5.92 Å². The number of rotatable bonds is 7. The third-order valence-corrected chi connectivity index (χ3v) is 3.55. The molecule has 1 heterocycles. The maximum Gasteiger partial charge on any atom is 0.0622 e. The average Bonchev–Trinajstić information content (AvgIpc) is 2.64. The van der Waals surface area contributed by atoms with Gasteiger partial charge in [0.05, 0.1) is 6.61 Å². The van der Waals surface area contributed by atoms with Gasteiger partial charge in [-0.1, -0.05) is 13.8 Å². The molecule has 0 spiro atoms. The summed E-state index contributed by atoms with van der Waals surface area (Å²) in [7, 11) is 0. The van der Waals surface area contributed by atoms with Gasteiger partial charge in [0.1, 0.15) is 0 Å². The van der Waals surface area contributed by atoms with Gasteiger partial charge in [-0.25, -0.2) is 0 Å². The summed E-state index contributed by atoms with van der Waals surface area (Å²) in [5.74, 6) is 0.563. The summed E-state index contributed by atoms with van der Waals surface area (Å²) in [4.78, 5) is 1.21. The maximum atomic E-state index is 5.84. The second kappa shape index (κ2) is 6.89. The molecule has 92 valence electrons. The van der Waals surface area contributed by atoms with Crippen LogP contribution in [0.4, 0.5) is 5.69 Å². The van der Waals surface area contributed by atoms with Crippen molar-refractivity contribution >= 4 is 17.0 Å². The Morgan fingerprint density at radius 2 is 2.25 bits per heavy atom. The van der Waals surface area contributed by atoms with Crippen molar-refractivity contribution in [3.05, 3.63) is 16.3 Å². The van der Waals surface area contributed by atoms with E-state index in [1.54, 1.807) is 11.3 Å². The van der Waals surface area contributed by atoms with Crippen molar-refractivity contribution in [3.8, 4) is 0 Å². The van der Waals surface area contributed by atoms with Crippen molar-refractivity contribution < 1.29 is 4.74 Å². The number of nitrogens with one attached hydrogen (secondary N) is 1. The third kappa shape index (κ3) is 4.12. The highest BCUT2D eigenvalue weighted by molar-refractivity contribution is 7.10. The summed E-state index contributed by atoms with van der Waals surface area (Å²) in [5, 5.41) is 5.53. The Labute approximate surface area is 102 Å². The first-order chi connectivity index (χ1) is 7.65. The van der Waals surface area contributed by atoms with Crippen LogP contribution in [0.2, 0.25) is 0 Å². The van der Waals surface area contributed by atoms with E-state index in [1.807, 2.05) is 18.4 Å². The Bertz CT molecular complexity index is 299. The van der Waals surface area contributed by atoms with Crippen LogP contribution in [0.25, 0.3) is 0 Å². The lowest BCUT2D eigenvalue weighted by atomic mass is 10.1. The van der Waals surface area contributed by atoms with Crippen molar-refractivity contribution in [1.29, 1.82) is 0 Å². The lowest BCUT2D eigenvalue weighted by Crippen LogP contribution is -2.37. The average molecular weight is 242 g/mol. The van der Waals surface area contributed by atoms with Crippen molar-refractivity contribution in [1.82, 2.24) is 5.32 Å². The summed E-state index contributed by atoms with van der Waals surface area (Å²) in [6, 6.07) is 2.34. The van der Waals surface area contributed by atoms with Crippen LogP contribution in [0.5, 0.6) is 0 Å². The van der Waals surface area contributed by atoms with Crippen LogP contribution in [0, 0.1) is 5.92 Å². The molecule has 0 radical (unpaired) electrons. The molecule has 0 aliphatic carbocycles. The SMILES string of the molecule is CCOCC(NCc1sccc1N)C(C)C. The molecule has 0 fully saturated rings. The van der Waals surface area contributed by atoms with E-state index in [0.717, 1.165) is 25.4 Å². The lowest BCUT2D eigenvalue weighted by molar-refractivity contribution is 0.108. The molecule has 0 aliphatic heterocycles. The van der Waals surface area contributed by atoms with E-state index in [-0.39, 0.29) is 0 Å². The van der Waals surface area contributed by atoms with E-state index in [0.29, 0.717) is 12.0 Å². The maximum absolute atomic E-state index is 5.84. The van der Waals surface area contributed by atoms with Gasteiger partial charge in [-0.2, -0.15) is 0 Å². The first-order valence-corrected chi connectivity index (χ1v) is 6.66. The summed E-state index contributed by atoms with van der Waals surface area (Å²) in [5.41, 5.74) is 6.73. The minimum Gasteiger partial charge on any atom is -0.398 e. The normalized spacial score (nSPS) is 13.2. The molecule has 0 bridgehead atoms. The molecule has 1 rings (SSSR count). The van der Waals surface area contributed by atoms with Gasteiger partial charge in [0.25, 0.3) is 0 Å². The number of hydrogen-bond donors (Lipinski definition) is 2. The molecule has 3 N–H and O–H groups in total. The van der Waals surface area contributed by atoms with Gasteiger partial charge in [-0.3, -0.25) is 0 Å². The Balaban J connectivity index is 2.40. The smallest absolute Gasteiger partial charge is 0.0622 e. The molecular formula is C12H22N2OS. The number of anilines is 1. The number of thiophene rings is 1. The standard InChI is InChI=1S/C12H22N2OS/c1-4-15-8-11(9(2)3)14-7-12-10(13)5-6-16-12/h5-6,9,11,14H,4,7-8,13H2,1-3H3. The lowest BCUT2D eigenvalue weighted by Gasteiger charge is -2.22. The van der Waals surface area contributed by atoms with E-state index in [9.17, 15) is 0 Å². The van der Waals surface area contributed by atoms with Gasteiger partial charge < -0.3 is 15.8 Å². The van der Waals surface area contributed by atoms with Crippen LogP contribution in [0.1, 0.15) is 25.6 Å². The fourth-order valence-corrected chi connectivity index (χ4v) is 2.20. The number of ether oxygens (including phenoxy) is 1. The molecule has 0 amide bonds. The Kier molecular flexibility index (Phi) is 5.80. The highest BCUT2D eigenvalue weighted by atomic mass is 32.1. The zero-order valence-corrected chi connectivity index (χ0v) is 11.1. The number of nitrogen functional groups attached to an aromatic ring is 1. The highest BCUT2D eigenvalue weighted by Gasteiger charge is 2.13. The van der Waals surface area contributed by atoms with Crippen molar-refractivity contribution in [2.45, 2.75) is 33.4 Å². The molecule has 1 unspecified atom stereocenters. The van der Waals surface area contributed by atoms with E-state index in [2.05, 4.69) is 19.2 Å². The first kappa shape index (κ1) is 13.5. The van der Waals surface area contributed by atoms with E-state index in [4.69, 9.17) is 10.5 Å². The molecule has 1 aromatic rings. The molecule has 3 nitrogen and oxygen atoms in total. The van der Waals surface area contributed by atoms with Crippen LogP contribution >= 0.6 is 11.3 Å². The Hall–Kier alpha value is -0.580. The predicted octanol–water partition coefficient (Wildman–Crippen LogP) is 2.48. The molecule has 0 aromatic carbocycles. The second-order valence-electron chi connectivity index (χ2n) is 4.19. The van der Waals surface area contributed by atoms with Gasteiger partial charge in [-0.05, 0) is 24.3 Å². The summed E-state index contributed by atoms with van der Waals surface area (Å²) >= 11 is 1.70.